The number of thiophene rings is 4. The summed E-state index contributed by atoms with van der Waals surface area (Å²) < 4.78 is 10.2. The molecule has 3 aromatic carbocycles. The molecule has 1 aliphatic heterocycles. The first kappa shape index (κ1) is 55.3. The number of ether oxygens (including phenoxy) is 1. The Morgan fingerprint density at radius 2 is 1.13 bits per heavy atom. The predicted octanol–water partition coefficient (Wildman–Crippen LogP) is 18.1. The van der Waals surface area contributed by atoms with E-state index in [1.165, 1.54) is 33.5 Å². The molecule has 9 heteroatoms. The molecule has 0 radical (unpaired) electrons. The van der Waals surface area contributed by atoms with Gasteiger partial charge in [0.05, 0.1) is 0 Å². The topological polar surface area (TPSA) is 43.4 Å². The zero-order chi connectivity index (χ0) is 52.5. The van der Waals surface area contributed by atoms with Crippen molar-refractivity contribution in [3.05, 3.63) is 192 Å². The van der Waals surface area contributed by atoms with Gasteiger partial charge in [0.25, 0.3) is 0 Å². The molecule has 5 heterocycles. The van der Waals surface area contributed by atoms with E-state index in [0.29, 0.717) is 47.3 Å². The van der Waals surface area contributed by atoms with E-state index in [1.54, 1.807) is 63.3 Å². The number of benzene rings is 3. The Morgan fingerprint density at radius 3 is 1.61 bits per heavy atom. The van der Waals surface area contributed by atoms with Gasteiger partial charge in [-0.3, -0.25) is 0 Å². The Hall–Kier alpha value is -4.43. The Bertz CT molecular complexity index is 3200. The summed E-state index contributed by atoms with van der Waals surface area (Å²) in [5, 5.41) is 4.91. The molecule has 2 aliphatic rings. The molecule has 0 N–H and O–H groups in total. The van der Waals surface area contributed by atoms with E-state index in [-0.39, 0.29) is 11.6 Å². The summed E-state index contributed by atoms with van der Waals surface area (Å²) in [6.07, 6.45) is 20.5. The molecule has 0 saturated carbocycles. The summed E-state index contributed by atoms with van der Waals surface area (Å²) in [6.45, 7) is 14.4. The van der Waals surface area contributed by atoms with Gasteiger partial charge in [-0.25, -0.2) is 0 Å². The van der Waals surface area contributed by atoms with Crippen molar-refractivity contribution in [2.75, 3.05) is 13.2 Å². The van der Waals surface area contributed by atoms with Crippen LogP contribution in [0.3, 0.4) is 0 Å². The van der Waals surface area contributed by atoms with Gasteiger partial charge in [0.2, 0.25) is 0 Å². The number of hydrogen-bond donors (Lipinski definition) is 0. The first-order valence-corrected chi connectivity index (χ1v) is 33.4. The number of carbonyl (C=O) groups is 2. The predicted molar refractivity (Wildman–Crippen MR) is 324 cm³/mol. The Morgan fingerprint density at radius 1 is 0.627 bits per heavy atom. The van der Waals surface area contributed by atoms with E-state index in [1.807, 2.05) is 6.92 Å². The van der Waals surface area contributed by atoms with Crippen molar-refractivity contribution in [2.45, 2.75) is 112 Å². The molecule has 3 nitrogen and oxygen atoms in total. The molecule has 9 rings (SSSR count). The van der Waals surface area contributed by atoms with E-state index < -0.39 is 7.26 Å². The maximum atomic E-state index is 16.1. The molecule has 1 fully saturated rings. The van der Waals surface area contributed by atoms with E-state index in [4.69, 9.17) is 4.74 Å². The van der Waals surface area contributed by atoms with Crippen LogP contribution < -0.4 is 15.9 Å². The van der Waals surface area contributed by atoms with Gasteiger partial charge in [0.1, 0.15) is 0 Å². The van der Waals surface area contributed by atoms with Crippen molar-refractivity contribution in [1.29, 1.82) is 0 Å². The Kier molecular flexibility index (Phi) is 19.0. The van der Waals surface area contributed by atoms with Crippen molar-refractivity contribution in [3.63, 3.8) is 0 Å². The van der Waals surface area contributed by atoms with Gasteiger partial charge in [-0.15, -0.1) is 0 Å². The number of allylic oxidation sites excluding steroid dienone is 5. The molecule has 2 atom stereocenters. The monoisotopic (exact) mass is 1260 g/mol. The number of ketones is 2. The molecule has 0 bridgehead atoms. The number of rotatable bonds is 22. The molecule has 75 heavy (non-hydrogen) atoms. The van der Waals surface area contributed by atoms with E-state index >= 15 is 9.59 Å². The maximum absolute atomic E-state index is 16.1. The van der Waals surface area contributed by atoms with Crippen molar-refractivity contribution in [2.24, 2.45) is 11.8 Å². The van der Waals surface area contributed by atoms with Gasteiger partial charge < -0.3 is 0 Å². The summed E-state index contributed by atoms with van der Waals surface area (Å²) in [7, 11) is -2.62. The van der Waals surface area contributed by atoms with Crippen LogP contribution >= 0.6 is 52.6 Å². The number of carbonyl (C=O) groups excluding carboxylic acids is 2. The zero-order valence-electron chi connectivity index (χ0n) is 44.3. The summed E-state index contributed by atoms with van der Waals surface area (Å²) in [4.78, 5) is 40.3. The number of fused-ring (bicyclic) bond motifs is 2. The summed E-state index contributed by atoms with van der Waals surface area (Å²) in [5.74, 6) is 0.975. The fraction of sp³-hybridized carbons (Fsp3) is 0.318. The number of unbranched alkanes of at least 4 members (excludes halogenated alkanes) is 2. The SMILES string of the molecule is C/C=C/c1ccc(-c2sc(-c3ccc(C(C=C4COCC4=CCC)=C([C]#[Os])[P+](c4ccccc4)(c4ccccc4)c4ccccc4)s3)c3c2C(=O)c2c(CC(CC)CCCC)sc(CC(CC)CCCC)c2C3=O)s1. The van der Waals surface area contributed by atoms with Crippen LogP contribution in [0.25, 0.3) is 31.2 Å². The number of hydrogen-bond acceptors (Lipinski definition) is 7. The van der Waals surface area contributed by atoms with Gasteiger partial charge in [-0.1, -0.05) is 85.1 Å². The minimum absolute atomic E-state index is 0.0244. The van der Waals surface area contributed by atoms with Crippen molar-refractivity contribution in [3.8, 4) is 23.9 Å². The third-order valence-corrected chi connectivity index (χ3v) is 25.3. The summed E-state index contributed by atoms with van der Waals surface area (Å²) >= 11 is 8.64. The van der Waals surface area contributed by atoms with E-state index in [9.17, 15) is 0 Å². The van der Waals surface area contributed by atoms with Crippen molar-refractivity contribution in [1.82, 2.24) is 0 Å². The first-order valence-electron chi connectivity index (χ1n) is 27.1. The van der Waals surface area contributed by atoms with Crippen molar-refractivity contribution >= 4 is 91.7 Å². The Balaban J connectivity index is 1.31. The second-order valence-corrected chi connectivity index (χ2v) is 28.2. The average molecular weight is 1260 g/mol. The fourth-order valence-electron chi connectivity index (χ4n) is 11.0. The van der Waals surface area contributed by atoms with Crippen LogP contribution in [0.15, 0.2) is 150 Å². The molecular formula is C66H69O3OsPS4+. The normalized spacial score (nSPS) is 15.9. The second kappa shape index (κ2) is 25.8. The van der Waals surface area contributed by atoms with Gasteiger partial charge in [0.15, 0.2) is 0 Å². The quantitative estimate of drug-likeness (QED) is 0.0635. The molecule has 4 aromatic heterocycles. The van der Waals surface area contributed by atoms with Crippen LogP contribution in [-0.2, 0) is 35.5 Å². The zero-order valence-corrected chi connectivity index (χ0v) is 51.0. The van der Waals surface area contributed by atoms with Crippen LogP contribution in [0.5, 0.6) is 0 Å². The van der Waals surface area contributed by atoms with Gasteiger partial charge in [0, 0.05) is 0 Å². The molecule has 2 unspecified atom stereocenters. The van der Waals surface area contributed by atoms with E-state index in [0.717, 1.165) is 114 Å². The van der Waals surface area contributed by atoms with Crippen LogP contribution in [0.1, 0.15) is 151 Å². The van der Waals surface area contributed by atoms with Crippen LogP contribution in [0.4, 0.5) is 0 Å². The average Bonchev–Trinajstić information content (AvgIpc) is 4.34. The third kappa shape index (κ3) is 11.3. The third-order valence-electron chi connectivity index (χ3n) is 15.0. The van der Waals surface area contributed by atoms with Gasteiger partial charge in [-0.2, -0.15) is 0 Å². The molecule has 1 aliphatic carbocycles. The van der Waals surface area contributed by atoms with Crippen LogP contribution in [0.2, 0.25) is 0 Å². The molecule has 7 aromatic rings. The fourth-order valence-corrected chi connectivity index (χ4v) is 22.0. The molecule has 0 spiro atoms. The second-order valence-electron chi connectivity index (χ2n) is 19.8. The van der Waals surface area contributed by atoms with Crippen LogP contribution in [-0.4, -0.2) is 24.8 Å². The van der Waals surface area contributed by atoms with Gasteiger partial charge in [-0.05, 0) is 31.3 Å². The molecule has 387 valence electrons. The molecular weight excluding hydrogens is 1190 g/mol. The molecule has 1 saturated heterocycles. The van der Waals surface area contributed by atoms with Crippen LogP contribution in [0, 0.1) is 16.2 Å². The Labute approximate surface area is 473 Å². The minimum atomic E-state index is -2.62. The molecule has 0 amide bonds. The first-order chi connectivity index (χ1) is 36.7. The van der Waals surface area contributed by atoms with Gasteiger partial charge >= 0.3 is 360 Å². The van der Waals surface area contributed by atoms with Crippen molar-refractivity contribution < 1.29 is 32.3 Å². The van der Waals surface area contributed by atoms with E-state index in [2.05, 4.69) is 179 Å². The summed E-state index contributed by atoms with van der Waals surface area (Å²) in [5.41, 5.74) is 6.08. The summed E-state index contributed by atoms with van der Waals surface area (Å²) in [6, 6.07) is 41.9. The standard InChI is InChI=1S/C66H69O3PS4.Os/c1-8-14-27-45(12-5)39-57-59-60(58(73-57)40-46(13-6)28-15-9-2)64(68)62-61(63(59)67)65(55-36-35-52(71-55)26-11-4)74-66(62)56-38-37-54(72-56)53(41-48-43-69-42-47(48)25-10-3)44(7)70(49-29-19-16-20-30-49,50-31-21-17-22-32-50)51-33-23-18-24-34-51;/h11,16-26,29-38,41,45-46H,8-10,12-15,27-28,39-40,42-43H2,1-6H3;/q+1;/b26-11+,47-25?,48-41?,53-44?;.